The number of carbonyl (C=O) groups is 1. The largest absolute Gasteiger partial charge is 0.496 e. The minimum absolute atomic E-state index is 0.0904. The van der Waals surface area contributed by atoms with Crippen LogP contribution in [0.5, 0.6) is 5.75 Å². The molecule has 2 aromatic carbocycles. The summed E-state index contributed by atoms with van der Waals surface area (Å²) in [7, 11) is 3.04. The Balaban J connectivity index is 1.73. The van der Waals surface area contributed by atoms with Gasteiger partial charge in [-0.2, -0.15) is 4.98 Å². The number of methoxy groups -OCH3 is 2. The van der Waals surface area contributed by atoms with Gasteiger partial charge in [0.2, 0.25) is 5.95 Å². The highest BCUT2D eigenvalue weighted by Crippen LogP contribution is 2.28. The molecule has 1 amide bonds. The Morgan fingerprint density at radius 3 is 2.60 bits per heavy atom. The molecule has 0 aliphatic carbocycles. The molecule has 3 rings (SSSR count). The van der Waals surface area contributed by atoms with Crippen molar-refractivity contribution in [2.75, 3.05) is 26.1 Å². The summed E-state index contributed by atoms with van der Waals surface area (Å²) in [5.41, 5.74) is 1.76. The van der Waals surface area contributed by atoms with E-state index in [4.69, 9.17) is 9.47 Å². The summed E-state index contributed by atoms with van der Waals surface area (Å²) in [5.74, 6) is 0.371. The summed E-state index contributed by atoms with van der Waals surface area (Å²) in [6.07, 6.45) is 1.35. The van der Waals surface area contributed by atoms with Crippen LogP contribution < -0.4 is 15.4 Å². The summed E-state index contributed by atoms with van der Waals surface area (Å²) in [6, 6.07) is 10.9. The molecule has 1 heterocycles. The highest BCUT2D eigenvalue weighted by atomic mass is 19.1. The first kappa shape index (κ1) is 21.1. The highest BCUT2D eigenvalue weighted by molar-refractivity contribution is 5.94. The predicted octanol–water partition coefficient (Wildman–Crippen LogP) is 3.19. The molecule has 0 fully saturated rings. The van der Waals surface area contributed by atoms with Crippen LogP contribution in [-0.4, -0.2) is 47.7 Å². The summed E-state index contributed by atoms with van der Waals surface area (Å²) in [4.78, 5) is 24.8. The third-order valence-electron chi connectivity index (χ3n) is 4.17. The van der Waals surface area contributed by atoms with Crippen molar-refractivity contribution in [1.82, 2.24) is 20.3 Å². The zero-order valence-corrected chi connectivity index (χ0v) is 16.8. The maximum atomic E-state index is 13.4. The van der Waals surface area contributed by atoms with Crippen molar-refractivity contribution in [2.24, 2.45) is 0 Å². The summed E-state index contributed by atoms with van der Waals surface area (Å²) < 4.78 is 23.7. The number of nitrogens with one attached hydrogen (secondary N) is 2. The van der Waals surface area contributed by atoms with Crippen LogP contribution >= 0.6 is 0 Å². The van der Waals surface area contributed by atoms with Crippen LogP contribution in [0.2, 0.25) is 0 Å². The van der Waals surface area contributed by atoms with E-state index >= 15 is 0 Å². The van der Waals surface area contributed by atoms with Crippen LogP contribution in [0.4, 0.5) is 16.0 Å². The molecule has 0 bridgehead atoms. The van der Waals surface area contributed by atoms with Gasteiger partial charge in [0.05, 0.1) is 19.3 Å². The maximum Gasteiger partial charge on any atom is 0.251 e. The molecule has 9 heteroatoms. The molecule has 2 N–H and O–H groups in total. The number of hydrogen-bond donors (Lipinski definition) is 2. The third kappa shape index (κ3) is 5.26. The molecule has 8 nitrogen and oxygen atoms in total. The minimum atomic E-state index is -0.413. The van der Waals surface area contributed by atoms with E-state index in [9.17, 15) is 9.18 Å². The van der Waals surface area contributed by atoms with Crippen molar-refractivity contribution < 1.29 is 18.7 Å². The first-order chi connectivity index (χ1) is 14.5. The van der Waals surface area contributed by atoms with Crippen molar-refractivity contribution in [3.8, 4) is 17.1 Å². The standard InChI is InChI=1S/C21H22FN5O3/c1-13(11-29-2)25-20(28)14-4-7-16(8-5-14)26-21-24-12-23-19(27-21)17-9-6-15(22)10-18(17)30-3/h4-10,12-13H,11H2,1-3H3,(H,25,28)(H,23,24,26,27). The number of ether oxygens (including phenoxy) is 2. The fourth-order valence-electron chi connectivity index (χ4n) is 2.77. The van der Waals surface area contributed by atoms with E-state index in [1.807, 2.05) is 6.92 Å². The van der Waals surface area contributed by atoms with E-state index in [1.165, 1.54) is 25.6 Å². The first-order valence-electron chi connectivity index (χ1n) is 9.20. The number of anilines is 2. The number of amides is 1. The van der Waals surface area contributed by atoms with Crippen molar-refractivity contribution >= 4 is 17.5 Å². The van der Waals surface area contributed by atoms with Gasteiger partial charge in [-0.3, -0.25) is 4.79 Å². The molecule has 156 valence electrons. The molecule has 30 heavy (non-hydrogen) atoms. The number of rotatable bonds is 8. The third-order valence-corrected chi connectivity index (χ3v) is 4.17. The molecule has 0 spiro atoms. The van der Waals surface area contributed by atoms with Gasteiger partial charge in [-0.25, -0.2) is 14.4 Å². The lowest BCUT2D eigenvalue weighted by Gasteiger charge is -2.13. The van der Waals surface area contributed by atoms with Gasteiger partial charge in [0.25, 0.3) is 5.91 Å². The lowest BCUT2D eigenvalue weighted by molar-refractivity contribution is 0.0905. The van der Waals surface area contributed by atoms with Crippen LogP contribution in [0.3, 0.4) is 0 Å². The van der Waals surface area contributed by atoms with Gasteiger partial charge in [-0.1, -0.05) is 0 Å². The van der Waals surface area contributed by atoms with E-state index in [0.717, 1.165) is 0 Å². The normalized spacial score (nSPS) is 11.6. The van der Waals surface area contributed by atoms with Crippen LogP contribution in [0.25, 0.3) is 11.4 Å². The smallest absolute Gasteiger partial charge is 0.251 e. The molecule has 0 radical (unpaired) electrons. The lowest BCUT2D eigenvalue weighted by Crippen LogP contribution is -2.35. The summed E-state index contributed by atoms with van der Waals surface area (Å²) in [6.45, 7) is 2.30. The van der Waals surface area contributed by atoms with Gasteiger partial charge in [-0.15, -0.1) is 0 Å². The Labute approximate surface area is 173 Å². The van der Waals surface area contributed by atoms with Crippen molar-refractivity contribution in [1.29, 1.82) is 0 Å². The Morgan fingerprint density at radius 2 is 1.90 bits per heavy atom. The second-order valence-corrected chi connectivity index (χ2v) is 6.51. The Bertz CT molecular complexity index is 1010. The van der Waals surface area contributed by atoms with Crippen LogP contribution in [0.15, 0.2) is 48.8 Å². The number of halogens is 1. The molecule has 1 unspecified atom stereocenters. The molecule has 0 saturated carbocycles. The average Bonchev–Trinajstić information content (AvgIpc) is 2.74. The number of aromatic nitrogens is 3. The van der Waals surface area contributed by atoms with E-state index in [0.29, 0.717) is 40.9 Å². The summed E-state index contributed by atoms with van der Waals surface area (Å²) in [5, 5.41) is 5.91. The highest BCUT2D eigenvalue weighted by Gasteiger charge is 2.12. The van der Waals surface area contributed by atoms with Gasteiger partial charge < -0.3 is 20.1 Å². The zero-order chi connectivity index (χ0) is 21.5. The zero-order valence-electron chi connectivity index (χ0n) is 16.8. The summed E-state index contributed by atoms with van der Waals surface area (Å²) >= 11 is 0. The SMILES string of the molecule is COCC(C)NC(=O)c1ccc(Nc2ncnc(-c3ccc(F)cc3OC)n2)cc1. The second kappa shape index (κ2) is 9.75. The van der Waals surface area contributed by atoms with Gasteiger partial charge in [0, 0.05) is 30.5 Å². The monoisotopic (exact) mass is 411 g/mol. The number of benzene rings is 2. The lowest BCUT2D eigenvalue weighted by atomic mass is 10.2. The second-order valence-electron chi connectivity index (χ2n) is 6.51. The quantitative estimate of drug-likeness (QED) is 0.587. The molecule has 3 aromatic rings. The van der Waals surface area contributed by atoms with E-state index in [-0.39, 0.29) is 11.9 Å². The first-order valence-corrected chi connectivity index (χ1v) is 9.20. The number of carbonyl (C=O) groups excluding carboxylic acids is 1. The van der Waals surface area contributed by atoms with Crippen molar-refractivity contribution in [2.45, 2.75) is 13.0 Å². The van der Waals surface area contributed by atoms with E-state index < -0.39 is 5.82 Å². The minimum Gasteiger partial charge on any atom is -0.496 e. The molecule has 0 aliphatic rings. The Hall–Kier alpha value is -3.59. The van der Waals surface area contributed by atoms with Crippen LogP contribution in [0, 0.1) is 5.82 Å². The predicted molar refractivity (Wildman–Crippen MR) is 110 cm³/mol. The fraction of sp³-hybridized carbons (Fsp3) is 0.238. The maximum absolute atomic E-state index is 13.4. The van der Waals surface area contributed by atoms with Crippen LogP contribution in [0.1, 0.15) is 17.3 Å². The Morgan fingerprint density at radius 1 is 1.13 bits per heavy atom. The topological polar surface area (TPSA) is 98.3 Å². The van der Waals surface area contributed by atoms with Gasteiger partial charge in [-0.05, 0) is 43.3 Å². The van der Waals surface area contributed by atoms with Gasteiger partial charge in [0.1, 0.15) is 17.9 Å². The number of hydrogen-bond acceptors (Lipinski definition) is 7. The van der Waals surface area contributed by atoms with Gasteiger partial charge in [0.15, 0.2) is 5.82 Å². The van der Waals surface area contributed by atoms with Gasteiger partial charge >= 0.3 is 0 Å². The van der Waals surface area contributed by atoms with Crippen molar-refractivity contribution in [3.63, 3.8) is 0 Å². The molecule has 1 atom stereocenters. The number of nitrogens with zero attached hydrogens (tertiary/aromatic N) is 3. The molecule has 1 aromatic heterocycles. The molecular formula is C21H22FN5O3. The van der Waals surface area contributed by atoms with E-state index in [2.05, 4.69) is 25.6 Å². The molecule has 0 aliphatic heterocycles. The van der Waals surface area contributed by atoms with E-state index in [1.54, 1.807) is 37.4 Å². The molecular weight excluding hydrogens is 389 g/mol. The molecule has 0 saturated heterocycles. The average molecular weight is 411 g/mol. The fourth-order valence-corrected chi connectivity index (χ4v) is 2.77. The Kier molecular flexibility index (Phi) is 6.87. The van der Waals surface area contributed by atoms with Crippen LogP contribution in [-0.2, 0) is 4.74 Å². The van der Waals surface area contributed by atoms with Crippen molar-refractivity contribution in [3.05, 3.63) is 60.2 Å².